The molecule has 98 valence electrons. The van der Waals surface area contributed by atoms with Crippen molar-refractivity contribution >= 4 is 21.8 Å². The quantitative estimate of drug-likeness (QED) is 0.876. The van der Waals surface area contributed by atoms with E-state index in [0.717, 1.165) is 29.3 Å². The van der Waals surface area contributed by atoms with Gasteiger partial charge in [-0.3, -0.25) is 4.79 Å². The van der Waals surface area contributed by atoms with Crippen molar-refractivity contribution in [2.45, 2.75) is 31.7 Å². The maximum absolute atomic E-state index is 12.1. The second-order valence-corrected chi connectivity index (χ2v) is 5.59. The molecule has 0 aliphatic heterocycles. The minimum absolute atomic E-state index is 0.0547. The molecule has 0 bridgehead atoms. The van der Waals surface area contributed by atoms with Gasteiger partial charge in [0, 0.05) is 23.5 Å². The topological polar surface area (TPSA) is 40.5 Å². The highest BCUT2D eigenvalue weighted by molar-refractivity contribution is 9.10. The number of carbonyl (C=O) groups is 1. The van der Waals surface area contributed by atoms with Crippen LogP contribution in [-0.2, 0) is 11.2 Å². The van der Waals surface area contributed by atoms with Crippen LogP contribution in [0.25, 0.3) is 0 Å². The molecule has 3 nitrogen and oxygen atoms in total. The first-order valence-electron chi connectivity index (χ1n) is 6.35. The highest BCUT2D eigenvalue weighted by Gasteiger charge is 2.31. The zero-order chi connectivity index (χ0) is 13.0. The smallest absolute Gasteiger partial charge is 0.223 e. The number of aryl methyl sites for hydroxylation is 1. The van der Waals surface area contributed by atoms with E-state index < -0.39 is 0 Å². The molecule has 0 heterocycles. The highest BCUT2D eigenvalue weighted by atomic mass is 79.9. The normalized spacial score (nSPS) is 14.6. The third-order valence-electron chi connectivity index (χ3n) is 3.17. The van der Waals surface area contributed by atoms with Gasteiger partial charge in [-0.05, 0) is 37.0 Å². The van der Waals surface area contributed by atoms with Crippen molar-refractivity contribution in [2.24, 2.45) is 0 Å². The first kappa shape index (κ1) is 13.6. The Balaban J connectivity index is 1.86. The minimum Gasteiger partial charge on any atom is -0.395 e. The Kier molecular flexibility index (Phi) is 4.78. The Hall–Kier alpha value is -0.870. The number of nitrogens with zero attached hydrogens (tertiary/aromatic N) is 1. The summed E-state index contributed by atoms with van der Waals surface area (Å²) in [5, 5.41) is 8.98. The molecule has 0 spiro atoms. The molecule has 0 radical (unpaired) electrons. The molecule has 4 heteroatoms. The Labute approximate surface area is 116 Å². The first-order valence-corrected chi connectivity index (χ1v) is 7.15. The van der Waals surface area contributed by atoms with Crippen LogP contribution in [0.1, 0.15) is 24.8 Å². The van der Waals surface area contributed by atoms with Gasteiger partial charge in [0.1, 0.15) is 0 Å². The van der Waals surface area contributed by atoms with E-state index >= 15 is 0 Å². The average molecular weight is 312 g/mol. The molecular formula is C14H18BrNO2. The van der Waals surface area contributed by atoms with Crippen molar-refractivity contribution in [3.05, 3.63) is 34.3 Å². The number of rotatable bonds is 6. The Morgan fingerprint density at radius 1 is 1.44 bits per heavy atom. The fourth-order valence-electron chi connectivity index (χ4n) is 2.09. The van der Waals surface area contributed by atoms with Crippen LogP contribution in [0.5, 0.6) is 0 Å². The number of benzene rings is 1. The summed E-state index contributed by atoms with van der Waals surface area (Å²) in [5.74, 6) is 0.159. The number of carbonyl (C=O) groups excluding carboxylic acids is 1. The van der Waals surface area contributed by atoms with E-state index in [1.807, 2.05) is 29.2 Å². The van der Waals surface area contributed by atoms with Gasteiger partial charge in [-0.15, -0.1) is 0 Å². The molecule has 1 aromatic carbocycles. The van der Waals surface area contributed by atoms with Crippen LogP contribution in [0.4, 0.5) is 0 Å². The standard InChI is InChI=1S/C14H18BrNO2/c15-12-3-1-2-11(10-12)4-7-14(18)16(8-9-17)13-5-6-13/h1-3,10,13,17H,4-9H2. The van der Waals surface area contributed by atoms with E-state index in [1.54, 1.807) is 0 Å². The molecule has 18 heavy (non-hydrogen) atoms. The molecule has 1 aliphatic rings. The fraction of sp³-hybridized carbons (Fsp3) is 0.500. The Morgan fingerprint density at radius 2 is 2.22 bits per heavy atom. The summed E-state index contributed by atoms with van der Waals surface area (Å²) >= 11 is 3.43. The lowest BCUT2D eigenvalue weighted by Crippen LogP contribution is -2.35. The fourth-order valence-corrected chi connectivity index (χ4v) is 2.54. The van der Waals surface area contributed by atoms with Crippen LogP contribution in [-0.4, -0.2) is 35.1 Å². The summed E-state index contributed by atoms with van der Waals surface area (Å²) in [5.41, 5.74) is 1.16. The van der Waals surface area contributed by atoms with E-state index in [-0.39, 0.29) is 12.5 Å². The molecule has 1 saturated carbocycles. The van der Waals surface area contributed by atoms with E-state index in [9.17, 15) is 4.79 Å². The highest BCUT2D eigenvalue weighted by Crippen LogP contribution is 2.27. The van der Waals surface area contributed by atoms with Crippen molar-refractivity contribution in [1.29, 1.82) is 0 Å². The van der Waals surface area contributed by atoms with Crippen LogP contribution < -0.4 is 0 Å². The number of aliphatic hydroxyl groups excluding tert-OH is 1. The summed E-state index contributed by atoms with van der Waals surface area (Å²) < 4.78 is 1.04. The zero-order valence-electron chi connectivity index (χ0n) is 10.3. The van der Waals surface area contributed by atoms with Crippen molar-refractivity contribution in [3.63, 3.8) is 0 Å². The maximum Gasteiger partial charge on any atom is 0.223 e. The lowest BCUT2D eigenvalue weighted by atomic mass is 10.1. The van der Waals surface area contributed by atoms with Gasteiger partial charge in [0.2, 0.25) is 5.91 Å². The van der Waals surface area contributed by atoms with Gasteiger partial charge in [-0.25, -0.2) is 0 Å². The summed E-state index contributed by atoms with van der Waals surface area (Å²) in [6.45, 7) is 0.529. The molecule has 0 atom stereocenters. The van der Waals surface area contributed by atoms with E-state index in [2.05, 4.69) is 15.9 Å². The monoisotopic (exact) mass is 311 g/mol. The van der Waals surface area contributed by atoms with Gasteiger partial charge < -0.3 is 10.0 Å². The summed E-state index contributed by atoms with van der Waals surface area (Å²) in [6.07, 6.45) is 3.45. The maximum atomic E-state index is 12.1. The molecule has 1 N–H and O–H groups in total. The van der Waals surface area contributed by atoms with E-state index in [4.69, 9.17) is 5.11 Å². The molecule has 0 aromatic heterocycles. The number of hydrogen-bond acceptors (Lipinski definition) is 2. The van der Waals surface area contributed by atoms with Gasteiger partial charge in [0.05, 0.1) is 6.61 Å². The van der Waals surface area contributed by atoms with E-state index in [0.29, 0.717) is 19.0 Å². The molecule has 2 rings (SSSR count). The number of halogens is 1. The first-order chi connectivity index (χ1) is 8.70. The second-order valence-electron chi connectivity index (χ2n) is 4.67. The van der Waals surface area contributed by atoms with Crippen molar-refractivity contribution in [3.8, 4) is 0 Å². The van der Waals surface area contributed by atoms with Crippen molar-refractivity contribution < 1.29 is 9.90 Å². The SMILES string of the molecule is O=C(CCc1cccc(Br)c1)N(CCO)C1CC1. The third-order valence-corrected chi connectivity index (χ3v) is 3.66. The average Bonchev–Trinajstić information content (AvgIpc) is 3.17. The minimum atomic E-state index is 0.0547. The predicted molar refractivity (Wildman–Crippen MR) is 74.3 cm³/mol. The molecule has 1 amide bonds. The summed E-state index contributed by atoms with van der Waals surface area (Å²) in [7, 11) is 0. The Bertz CT molecular complexity index is 418. The zero-order valence-corrected chi connectivity index (χ0v) is 11.9. The van der Waals surface area contributed by atoms with Crippen LogP contribution in [0, 0.1) is 0 Å². The van der Waals surface area contributed by atoms with E-state index in [1.165, 1.54) is 0 Å². The predicted octanol–water partition coefficient (Wildman–Crippen LogP) is 2.37. The van der Waals surface area contributed by atoms with Gasteiger partial charge >= 0.3 is 0 Å². The van der Waals surface area contributed by atoms with Crippen molar-refractivity contribution in [2.75, 3.05) is 13.2 Å². The summed E-state index contributed by atoms with van der Waals surface area (Å²) in [4.78, 5) is 13.9. The number of amides is 1. The lowest BCUT2D eigenvalue weighted by molar-refractivity contribution is -0.132. The van der Waals surface area contributed by atoms with Crippen LogP contribution >= 0.6 is 15.9 Å². The lowest BCUT2D eigenvalue weighted by Gasteiger charge is -2.21. The van der Waals surface area contributed by atoms with Crippen LogP contribution in [0.15, 0.2) is 28.7 Å². The summed E-state index contributed by atoms with van der Waals surface area (Å²) in [6, 6.07) is 8.42. The van der Waals surface area contributed by atoms with Gasteiger partial charge in [0.15, 0.2) is 0 Å². The van der Waals surface area contributed by atoms with Crippen LogP contribution in [0.3, 0.4) is 0 Å². The van der Waals surface area contributed by atoms with Gasteiger partial charge in [-0.1, -0.05) is 28.1 Å². The van der Waals surface area contributed by atoms with Gasteiger partial charge in [0.25, 0.3) is 0 Å². The second kappa shape index (κ2) is 6.34. The number of aliphatic hydroxyl groups is 1. The van der Waals surface area contributed by atoms with Crippen molar-refractivity contribution in [1.82, 2.24) is 4.90 Å². The molecular weight excluding hydrogens is 294 g/mol. The number of hydrogen-bond donors (Lipinski definition) is 1. The molecule has 1 aromatic rings. The largest absolute Gasteiger partial charge is 0.395 e. The molecule has 1 fully saturated rings. The van der Waals surface area contributed by atoms with Gasteiger partial charge in [-0.2, -0.15) is 0 Å². The molecule has 0 saturated heterocycles. The third kappa shape index (κ3) is 3.82. The van der Waals surface area contributed by atoms with Crippen LogP contribution in [0.2, 0.25) is 0 Å². The Morgan fingerprint density at radius 3 is 2.83 bits per heavy atom. The molecule has 1 aliphatic carbocycles. The molecule has 0 unspecified atom stereocenters.